The Balaban J connectivity index is 2.02. The molecule has 0 unspecified atom stereocenters. The molecular weight excluding hydrogens is 320 g/mol. The molecule has 0 aliphatic carbocycles. The van der Waals surface area contributed by atoms with Gasteiger partial charge in [-0.2, -0.15) is 0 Å². The normalized spacial score (nSPS) is 18.5. The van der Waals surface area contributed by atoms with Gasteiger partial charge in [-0.25, -0.2) is 0 Å². The molecule has 3 heteroatoms. The molecule has 1 heterocycles. The lowest BCUT2D eigenvalue weighted by molar-refractivity contribution is -0.190. The van der Waals surface area contributed by atoms with Gasteiger partial charge in [-0.3, -0.25) is 4.99 Å². The molecule has 1 aliphatic heterocycles. The zero-order chi connectivity index (χ0) is 18.2. The van der Waals surface area contributed by atoms with Crippen LogP contribution in [0.3, 0.4) is 0 Å². The van der Waals surface area contributed by atoms with E-state index in [1.54, 1.807) is 0 Å². The van der Waals surface area contributed by atoms with E-state index in [-0.39, 0.29) is 0 Å². The largest absolute Gasteiger partial charge is 0.310 e. The van der Waals surface area contributed by atoms with E-state index in [1.165, 1.54) is 5.06 Å². The van der Waals surface area contributed by atoms with Crippen molar-refractivity contribution in [2.45, 2.75) is 25.0 Å². The first kappa shape index (κ1) is 16.7. The van der Waals surface area contributed by atoms with Crippen molar-refractivity contribution in [3.8, 4) is 0 Å². The van der Waals surface area contributed by atoms with E-state index in [0.717, 1.165) is 22.4 Å². The molecule has 3 aromatic rings. The highest BCUT2D eigenvalue weighted by Gasteiger charge is 2.54. The Hall–Kier alpha value is -2.75. The fourth-order valence-corrected chi connectivity index (χ4v) is 3.75. The minimum absolute atomic E-state index is 0.646. The van der Waals surface area contributed by atoms with Crippen LogP contribution in [0.2, 0.25) is 0 Å². The van der Waals surface area contributed by atoms with Crippen LogP contribution in [0.4, 0.5) is 0 Å². The Morgan fingerprint density at radius 2 is 1.12 bits per heavy atom. The molecule has 0 bridgehead atoms. The topological polar surface area (TPSA) is 35.8 Å². The fourth-order valence-electron chi connectivity index (χ4n) is 3.75. The van der Waals surface area contributed by atoms with E-state index in [2.05, 4.69) is 0 Å². The van der Waals surface area contributed by atoms with Crippen molar-refractivity contribution in [3.63, 3.8) is 0 Å². The number of hydrogen-bond acceptors (Lipinski definition) is 3. The number of nitrogens with zero attached hydrogens (tertiary/aromatic N) is 2. The van der Waals surface area contributed by atoms with Gasteiger partial charge >= 0.3 is 0 Å². The van der Waals surface area contributed by atoms with E-state index < -0.39 is 11.2 Å². The van der Waals surface area contributed by atoms with Crippen LogP contribution < -0.4 is 0 Å². The molecule has 1 aliphatic rings. The van der Waals surface area contributed by atoms with Gasteiger partial charge in [0.2, 0.25) is 0 Å². The molecule has 0 amide bonds. The molecule has 0 radical (unpaired) electrons. The van der Waals surface area contributed by atoms with Crippen molar-refractivity contribution in [1.82, 2.24) is 5.06 Å². The standard InChI is InChI=1S/C23H22N2O/c1-22(2)21(18-12-6-3-7-13-18)24-23(25(22)26,19-14-8-4-9-15-19)20-16-10-5-11-17-20/h3-17,26H,1-2H3. The lowest BCUT2D eigenvalue weighted by atomic mass is 9.89. The molecule has 130 valence electrons. The minimum atomic E-state index is -0.975. The van der Waals surface area contributed by atoms with Crippen molar-refractivity contribution in [1.29, 1.82) is 0 Å². The van der Waals surface area contributed by atoms with Crippen molar-refractivity contribution in [3.05, 3.63) is 108 Å². The van der Waals surface area contributed by atoms with Crippen LogP contribution in [0.1, 0.15) is 30.5 Å². The Bertz CT molecular complexity index is 879. The summed E-state index contributed by atoms with van der Waals surface area (Å²) in [6, 6.07) is 30.0. The number of hydrogen-bond donors (Lipinski definition) is 1. The summed E-state index contributed by atoms with van der Waals surface area (Å²) < 4.78 is 0. The highest BCUT2D eigenvalue weighted by atomic mass is 16.5. The first-order chi connectivity index (χ1) is 12.6. The summed E-state index contributed by atoms with van der Waals surface area (Å²) in [6.45, 7) is 4.01. The molecule has 0 saturated heterocycles. The Kier molecular flexibility index (Phi) is 3.98. The van der Waals surface area contributed by atoms with E-state index in [4.69, 9.17) is 4.99 Å². The maximum atomic E-state index is 11.4. The quantitative estimate of drug-likeness (QED) is 0.738. The third-order valence-corrected chi connectivity index (χ3v) is 5.09. The van der Waals surface area contributed by atoms with E-state index >= 15 is 0 Å². The predicted molar refractivity (Wildman–Crippen MR) is 104 cm³/mol. The summed E-state index contributed by atoms with van der Waals surface area (Å²) in [6.07, 6.45) is 0. The molecule has 0 aromatic heterocycles. The maximum Gasteiger partial charge on any atom is 0.187 e. The van der Waals surface area contributed by atoms with E-state index in [9.17, 15) is 5.21 Å². The first-order valence-corrected chi connectivity index (χ1v) is 8.83. The van der Waals surface area contributed by atoms with Gasteiger partial charge in [0.05, 0.1) is 11.3 Å². The zero-order valence-corrected chi connectivity index (χ0v) is 15.0. The summed E-state index contributed by atoms with van der Waals surface area (Å²) >= 11 is 0. The maximum absolute atomic E-state index is 11.4. The predicted octanol–water partition coefficient (Wildman–Crippen LogP) is 4.86. The van der Waals surface area contributed by atoms with Gasteiger partial charge in [-0.15, -0.1) is 5.06 Å². The Morgan fingerprint density at radius 1 is 0.692 bits per heavy atom. The second-order valence-corrected chi connectivity index (χ2v) is 7.10. The van der Waals surface area contributed by atoms with Crippen LogP contribution in [0.25, 0.3) is 0 Å². The van der Waals surface area contributed by atoms with E-state index in [0.29, 0.717) is 0 Å². The van der Waals surface area contributed by atoms with Gasteiger partial charge < -0.3 is 5.21 Å². The molecule has 3 nitrogen and oxygen atoms in total. The number of hydroxylamine groups is 2. The van der Waals surface area contributed by atoms with Gasteiger partial charge in [0.15, 0.2) is 5.66 Å². The van der Waals surface area contributed by atoms with Crippen molar-refractivity contribution >= 4 is 5.71 Å². The van der Waals surface area contributed by atoms with E-state index in [1.807, 2.05) is 105 Å². The zero-order valence-electron chi connectivity index (χ0n) is 15.0. The van der Waals surface area contributed by atoms with Gasteiger partial charge in [0, 0.05) is 11.1 Å². The second-order valence-electron chi connectivity index (χ2n) is 7.10. The Labute approximate surface area is 154 Å². The fraction of sp³-hybridized carbons (Fsp3) is 0.174. The molecule has 0 spiro atoms. The smallest absolute Gasteiger partial charge is 0.187 e. The van der Waals surface area contributed by atoms with Gasteiger partial charge in [-0.05, 0) is 19.4 Å². The molecule has 1 N–H and O–H groups in total. The molecule has 3 aromatic carbocycles. The third kappa shape index (κ3) is 2.40. The number of benzene rings is 3. The summed E-state index contributed by atoms with van der Waals surface area (Å²) in [4.78, 5) is 5.16. The lowest BCUT2D eigenvalue weighted by Gasteiger charge is -2.39. The van der Waals surface area contributed by atoms with Crippen LogP contribution in [0, 0.1) is 0 Å². The summed E-state index contributed by atoms with van der Waals surface area (Å²) in [5.41, 5.74) is 2.14. The Morgan fingerprint density at radius 3 is 1.58 bits per heavy atom. The van der Waals surface area contributed by atoms with Crippen LogP contribution in [0.5, 0.6) is 0 Å². The highest BCUT2D eigenvalue weighted by molar-refractivity contribution is 6.08. The van der Waals surface area contributed by atoms with Crippen molar-refractivity contribution in [2.24, 2.45) is 4.99 Å². The van der Waals surface area contributed by atoms with Gasteiger partial charge in [-0.1, -0.05) is 91.0 Å². The molecule has 4 rings (SSSR count). The third-order valence-electron chi connectivity index (χ3n) is 5.09. The molecular formula is C23H22N2O. The number of rotatable bonds is 3. The second kappa shape index (κ2) is 6.20. The SMILES string of the molecule is CC1(C)C(c2ccccc2)=NC(c2ccccc2)(c2ccccc2)N1O. The average Bonchev–Trinajstić information content (AvgIpc) is 2.91. The monoisotopic (exact) mass is 342 g/mol. The van der Waals surface area contributed by atoms with Crippen LogP contribution in [-0.2, 0) is 5.66 Å². The van der Waals surface area contributed by atoms with Crippen LogP contribution >= 0.6 is 0 Å². The molecule has 0 atom stereocenters. The van der Waals surface area contributed by atoms with Crippen molar-refractivity contribution in [2.75, 3.05) is 0 Å². The minimum Gasteiger partial charge on any atom is -0.310 e. The first-order valence-electron chi connectivity index (χ1n) is 8.83. The average molecular weight is 342 g/mol. The van der Waals surface area contributed by atoms with Crippen LogP contribution in [-0.4, -0.2) is 21.5 Å². The number of aliphatic imine (C=N–C) groups is 1. The van der Waals surface area contributed by atoms with Gasteiger partial charge in [0.25, 0.3) is 0 Å². The highest BCUT2D eigenvalue weighted by Crippen LogP contribution is 2.46. The van der Waals surface area contributed by atoms with Gasteiger partial charge in [0.1, 0.15) is 0 Å². The molecule has 0 saturated carbocycles. The van der Waals surface area contributed by atoms with Crippen molar-refractivity contribution < 1.29 is 5.21 Å². The summed E-state index contributed by atoms with van der Waals surface area (Å²) in [5.74, 6) is 0. The lowest BCUT2D eigenvalue weighted by Crippen LogP contribution is -2.51. The molecule has 0 fully saturated rings. The van der Waals surface area contributed by atoms with Crippen LogP contribution in [0.15, 0.2) is 96.0 Å². The summed E-state index contributed by atoms with van der Waals surface area (Å²) in [7, 11) is 0. The molecule has 26 heavy (non-hydrogen) atoms. The summed E-state index contributed by atoms with van der Waals surface area (Å²) in [5, 5.41) is 12.8.